The zero-order chi connectivity index (χ0) is 8.55. The van der Waals surface area contributed by atoms with E-state index in [9.17, 15) is 0 Å². The molecule has 2 rings (SSSR count). The van der Waals surface area contributed by atoms with Crippen molar-refractivity contribution < 1.29 is 0 Å². The summed E-state index contributed by atoms with van der Waals surface area (Å²) in [7, 11) is 0. The number of rotatable bonds is 1. The summed E-state index contributed by atoms with van der Waals surface area (Å²) in [5, 5.41) is 8.05. The van der Waals surface area contributed by atoms with Crippen LogP contribution in [0.3, 0.4) is 0 Å². The van der Waals surface area contributed by atoms with Gasteiger partial charge in [-0.05, 0) is 15.9 Å². The minimum absolute atomic E-state index is 0.914. The van der Waals surface area contributed by atoms with E-state index < -0.39 is 0 Å². The maximum Gasteiger partial charge on any atom is 0.104 e. The van der Waals surface area contributed by atoms with E-state index in [1.54, 1.807) is 20.8 Å². The number of halogens is 2. The summed E-state index contributed by atoms with van der Waals surface area (Å²) in [5.74, 6) is 0. The Morgan fingerprint density at radius 2 is 2.00 bits per heavy atom. The molecule has 4 nitrogen and oxygen atoms in total. The van der Waals surface area contributed by atoms with Crippen molar-refractivity contribution in [1.82, 2.24) is 18.6 Å². The summed E-state index contributed by atoms with van der Waals surface area (Å²) in [6, 6.07) is 0. The molecule has 12 heavy (non-hydrogen) atoms. The van der Waals surface area contributed by atoms with Crippen molar-refractivity contribution in [3.05, 3.63) is 29.3 Å². The smallest absolute Gasteiger partial charge is 0.104 e. The predicted molar refractivity (Wildman–Crippen MR) is 51.4 cm³/mol. The average Bonchev–Trinajstić information content (AvgIpc) is 2.58. The molecule has 62 valence electrons. The summed E-state index contributed by atoms with van der Waals surface area (Å²) >= 11 is 6.50. The summed E-state index contributed by atoms with van der Waals surface area (Å²) in [4.78, 5) is 0. The maximum atomic E-state index is 4.09. The monoisotopic (exact) mass is 290 g/mol. The minimum atomic E-state index is 0.914. The molecule has 2 aromatic rings. The fourth-order valence-electron chi connectivity index (χ4n) is 0.850. The Hall–Kier alpha value is -0.620. The molecule has 0 N–H and O–H groups in total. The van der Waals surface area contributed by atoms with E-state index in [4.69, 9.17) is 0 Å². The lowest BCUT2D eigenvalue weighted by Crippen LogP contribution is -1.90. The molecule has 0 spiro atoms. The van der Waals surface area contributed by atoms with Crippen molar-refractivity contribution in [3.8, 4) is 5.69 Å². The highest BCUT2D eigenvalue weighted by Gasteiger charge is 2.00. The summed E-state index contributed by atoms with van der Waals surface area (Å²) < 4.78 is 4.23. The molecular weight excluding hydrogens is 288 g/mol. The lowest BCUT2D eigenvalue weighted by Gasteiger charge is -1.91. The SMILES string of the molecule is Brc1cnn(-c2cnn(Br)c2)c1. The van der Waals surface area contributed by atoms with Crippen LogP contribution in [-0.2, 0) is 0 Å². The van der Waals surface area contributed by atoms with Gasteiger partial charge in [0.2, 0.25) is 0 Å². The van der Waals surface area contributed by atoms with Crippen LogP contribution in [0.25, 0.3) is 5.69 Å². The molecule has 0 amide bonds. The van der Waals surface area contributed by atoms with E-state index in [1.165, 1.54) is 0 Å². The molecular formula is C6H4Br2N4. The van der Waals surface area contributed by atoms with Crippen LogP contribution in [0, 0.1) is 0 Å². The molecule has 0 aromatic carbocycles. The second-order valence-corrected chi connectivity index (χ2v) is 3.83. The lowest BCUT2D eigenvalue weighted by molar-refractivity contribution is 0.881. The highest BCUT2D eigenvalue weighted by Crippen LogP contribution is 2.11. The van der Waals surface area contributed by atoms with Gasteiger partial charge in [-0.25, -0.2) is 8.39 Å². The Balaban J connectivity index is 2.43. The number of hydrogen-bond acceptors (Lipinski definition) is 2. The van der Waals surface area contributed by atoms with E-state index >= 15 is 0 Å². The number of hydrogen-bond donors (Lipinski definition) is 0. The number of nitrogens with zero attached hydrogens (tertiary/aromatic N) is 4. The first-order chi connectivity index (χ1) is 5.75. The summed E-state index contributed by atoms with van der Waals surface area (Å²) in [6.07, 6.45) is 7.13. The largest absolute Gasteiger partial charge is 0.237 e. The molecule has 2 aromatic heterocycles. The van der Waals surface area contributed by atoms with Gasteiger partial charge in [0, 0.05) is 6.20 Å². The van der Waals surface area contributed by atoms with Crippen LogP contribution in [0.4, 0.5) is 0 Å². The molecule has 0 aliphatic heterocycles. The van der Waals surface area contributed by atoms with Crippen molar-refractivity contribution >= 4 is 32.1 Å². The molecule has 0 atom stereocenters. The van der Waals surface area contributed by atoms with Gasteiger partial charge in [-0.1, -0.05) is 0 Å². The molecule has 0 aliphatic carbocycles. The van der Waals surface area contributed by atoms with Crippen molar-refractivity contribution in [1.29, 1.82) is 0 Å². The Bertz CT molecular complexity index is 353. The van der Waals surface area contributed by atoms with E-state index in [0.29, 0.717) is 0 Å². The first-order valence-corrected chi connectivity index (χ1v) is 4.67. The fourth-order valence-corrected chi connectivity index (χ4v) is 1.44. The van der Waals surface area contributed by atoms with E-state index in [1.807, 2.05) is 12.4 Å². The third-order valence-corrected chi connectivity index (χ3v) is 2.15. The topological polar surface area (TPSA) is 35.6 Å². The van der Waals surface area contributed by atoms with Crippen molar-refractivity contribution in [3.63, 3.8) is 0 Å². The quantitative estimate of drug-likeness (QED) is 0.805. The van der Waals surface area contributed by atoms with Crippen LogP contribution in [0.1, 0.15) is 0 Å². The molecule has 6 heteroatoms. The second kappa shape index (κ2) is 3.02. The third-order valence-electron chi connectivity index (χ3n) is 1.35. The zero-order valence-corrected chi connectivity index (χ0v) is 9.03. The average molecular weight is 292 g/mol. The van der Waals surface area contributed by atoms with Gasteiger partial charge in [0.1, 0.15) is 5.69 Å². The minimum Gasteiger partial charge on any atom is -0.237 e. The van der Waals surface area contributed by atoms with Gasteiger partial charge in [-0.2, -0.15) is 10.2 Å². The van der Waals surface area contributed by atoms with Gasteiger partial charge in [0.05, 0.1) is 39.2 Å². The van der Waals surface area contributed by atoms with E-state index in [0.717, 1.165) is 10.2 Å². The molecule has 0 radical (unpaired) electrons. The van der Waals surface area contributed by atoms with E-state index in [2.05, 4.69) is 42.3 Å². The highest BCUT2D eigenvalue weighted by molar-refractivity contribution is 9.10. The van der Waals surface area contributed by atoms with Crippen LogP contribution in [-0.4, -0.2) is 18.6 Å². The summed E-state index contributed by atoms with van der Waals surface area (Å²) in [5.41, 5.74) is 0.914. The summed E-state index contributed by atoms with van der Waals surface area (Å²) in [6.45, 7) is 0. The molecule has 2 heterocycles. The zero-order valence-electron chi connectivity index (χ0n) is 5.85. The van der Waals surface area contributed by atoms with Crippen LogP contribution >= 0.6 is 32.1 Å². The van der Waals surface area contributed by atoms with Gasteiger partial charge in [-0.15, -0.1) is 0 Å². The van der Waals surface area contributed by atoms with Gasteiger partial charge >= 0.3 is 0 Å². The Morgan fingerprint density at radius 1 is 1.17 bits per heavy atom. The van der Waals surface area contributed by atoms with Crippen LogP contribution < -0.4 is 0 Å². The van der Waals surface area contributed by atoms with Gasteiger partial charge < -0.3 is 0 Å². The van der Waals surface area contributed by atoms with Crippen LogP contribution in [0.2, 0.25) is 0 Å². The molecule has 0 saturated carbocycles. The predicted octanol–water partition coefficient (Wildman–Crippen LogP) is 1.99. The third kappa shape index (κ3) is 1.44. The molecule has 0 aliphatic rings. The van der Waals surface area contributed by atoms with Crippen molar-refractivity contribution in [2.75, 3.05) is 0 Å². The number of aromatic nitrogens is 4. The Kier molecular flexibility index (Phi) is 2.02. The second-order valence-electron chi connectivity index (χ2n) is 2.19. The molecule has 0 saturated heterocycles. The van der Waals surface area contributed by atoms with Crippen LogP contribution in [0.15, 0.2) is 29.3 Å². The van der Waals surface area contributed by atoms with Gasteiger partial charge in [0.15, 0.2) is 0 Å². The molecule has 0 fully saturated rings. The van der Waals surface area contributed by atoms with Crippen LogP contribution in [0.5, 0.6) is 0 Å². The normalized spacial score (nSPS) is 10.5. The maximum absolute atomic E-state index is 4.09. The van der Waals surface area contributed by atoms with Gasteiger partial charge in [-0.3, -0.25) is 0 Å². The first kappa shape index (κ1) is 8.00. The lowest BCUT2D eigenvalue weighted by atomic mass is 10.6. The Labute approximate surface area is 85.6 Å². The Morgan fingerprint density at radius 3 is 2.50 bits per heavy atom. The van der Waals surface area contributed by atoms with E-state index in [-0.39, 0.29) is 0 Å². The standard InChI is InChI=1S/C6H4Br2N4/c7-5-1-9-11(3-5)6-2-10-12(8)4-6/h1-4H. The molecule has 0 unspecified atom stereocenters. The fraction of sp³-hybridized carbons (Fsp3) is 0. The van der Waals surface area contributed by atoms with Crippen molar-refractivity contribution in [2.24, 2.45) is 0 Å². The highest BCUT2D eigenvalue weighted by atomic mass is 79.9. The molecule has 0 bridgehead atoms. The van der Waals surface area contributed by atoms with Crippen molar-refractivity contribution in [2.45, 2.75) is 0 Å². The van der Waals surface area contributed by atoms with Gasteiger partial charge in [0.25, 0.3) is 0 Å². The first-order valence-electron chi connectivity index (χ1n) is 3.17.